The number of anilines is 1. The Balaban J connectivity index is 1.48. The first-order valence-electron chi connectivity index (χ1n) is 9.94. The maximum Gasteiger partial charge on any atom is 0.254 e. The third kappa shape index (κ3) is 6.13. The second-order valence-corrected chi connectivity index (χ2v) is 7.30. The van der Waals surface area contributed by atoms with E-state index in [0.29, 0.717) is 30.3 Å². The summed E-state index contributed by atoms with van der Waals surface area (Å²) in [6.45, 7) is 8.12. The quantitative estimate of drug-likeness (QED) is 0.695. The van der Waals surface area contributed by atoms with E-state index in [2.05, 4.69) is 37.4 Å². The second kappa shape index (κ2) is 10.2. The van der Waals surface area contributed by atoms with E-state index in [-0.39, 0.29) is 5.91 Å². The van der Waals surface area contributed by atoms with Crippen molar-refractivity contribution in [2.75, 3.05) is 58.7 Å². The number of nitrogens with zero attached hydrogens (tertiary/aromatic N) is 4. The Kier molecular flexibility index (Phi) is 7.37. The average Bonchev–Trinajstić information content (AvgIpc) is 2.74. The Morgan fingerprint density at radius 3 is 2.76 bits per heavy atom. The molecule has 0 aliphatic carbocycles. The molecule has 1 amide bonds. The highest BCUT2D eigenvalue weighted by molar-refractivity contribution is 5.94. The van der Waals surface area contributed by atoms with Gasteiger partial charge >= 0.3 is 0 Å². The number of methoxy groups -OCH3 is 1. The van der Waals surface area contributed by atoms with Crippen LogP contribution in [0.15, 0.2) is 30.5 Å². The van der Waals surface area contributed by atoms with Crippen LogP contribution in [0.25, 0.3) is 0 Å². The summed E-state index contributed by atoms with van der Waals surface area (Å²) < 4.78 is 5.24. The Bertz CT molecular complexity index is 821. The fourth-order valence-electron chi connectivity index (χ4n) is 3.23. The average molecular weight is 399 g/mol. The van der Waals surface area contributed by atoms with Gasteiger partial charge in [0.25, 0.3) is 5.91 Å². The number of piperazine rings is 1. The Labute approximate surface area is 172 Å². The second-order valence-electron chi connectivity index (χ2n) is 7.30. The van der Waals surface area contributed by atoms with Gasteiger partial charge in [0.1, 0.15) is 5.75 Å². The smallest absolute Gasteiger partial charge is 0.254 e. The molecule has 1 aromatic carbocycles. The van der Waals surface area contributed by atoms with Crippen molar-refractivity contribution in [3.63, 3.8) is 0 Å². The first-order chi connectivity index (χ1) is 14.0. The maximum atomic E-state index is 12.5. The maximum absolute atomic E-state index is 12.5. The zero-order chi connectivity index (χ0) is 20.6. The summed E-state index contributed by atoms with van der Waals surface area (Å²) in [6.07, 6.45) is 1.58. The van der Waals surface area contributed by atoms with Gasteiger partial charge in [-0.3, -0.25) is 9.69 Å². The predicted molar refractivity (Wildman–Crippen MR) is 113 cm³/mol. The largest absolute Gasteiger partial charge is 0.497 e. The molecule has 2 aromatic rings. The van der Waals surface area contributed by atoms with Crippen LogP contribution in [0.3, 0.4) is 0 Å². The molecule has 29 heavy (non-hydrogen) atoms. The number of hydrogen-bond donors (Lipinski definition) is 2. The van der Waals surface area contributed by atoms with Gasteiger partial charge in [-0.2, -0.15) is 0 Å². The lowest BCUT2D eigenvalue weighted by Crippen LogP contribution is -2.46. The van der Waals surface area contributed by atoms with Crippen molar-refractivity contribution in [1.29, 1.82) is 0 Å². The number of hydrogen-bond acceptors (Lipinski definition) is 7. The third-order valence-corrected chi connectivity index (χ3v) is 5.12. The molecule has 0 bridgehead atoms. The van der Waals surface area contributed by atoms with Crippen molar-refractivity contribution in [2.45, 2.75) is 13.5 Å². The number of aromatic nitrogens is 2. The summed E-state index contributed by atoms with van der Waals surface area (Å²) >= 11 is 0. The number of aryl methyl sites for hydroxylation is 1. The lowest BCUT2D eigenvalue weighted by molar-refractivity contribution is 0.0939. The molecular weight excluding hydrogens is 368 g/mol. The van der Waals surface area contributed by atoms with Crippen molar-refractivity contribution >= 4 is 11.9 Å². The highest BCUT2D eigenvalue weighted by Crippen LogP contribution is 2.14. The lowest BCUT2D eigenvalue weighted by Gasteiger charge is -2.32. The van der Waals surface area contributed by atoms with Crippen LogP contribution in [0, 0.1) is 6.92 Å². The summed E-state index contributed by atoms with van der Waals surface area (Å²) in [6, 6.07) is 7.81. The van der Waals surface area contributed by atoms with E-state index >= 15 is 0 Å². The van der Waals surface area contributed by atoms with E-state index in [1.54, 1.807) is 13.3 Å². The number of ether oxygens (including phenoxy) is 1. The van der Waals surface area contributed by atoms with Crippen molar-refractivity contribution in [3.05, 3.63) is 47.3 Å². The predicted octanol–water partition coefficient (Wildman–Crippen LogP) is 1.38. The summed E-state index contributed by atoms with van der Waals surface area (Å²) in [7, 11) is 3.78. The van der Waals surface area contributed by atoms with Gasteiger partial charge in [0.05, 0.1) is 18.4 Å². The zero-order valence-electron chi connectivity index (χ0n) is 17.4. The van der Waals surface area contributed by atoms with Gasteiger partial charge in [-0.1, -0.05) is 12.1 Å². The van der Waals surface area contributed by atoms with Gasteiger partial charge in [0, 0.05) is 52.0 Å². The topological polar surface area (TPSA) is 82.6 Å². The van der Waals surface area contributed by atoms with Crippen LogP contribution in [0.2, 0.25) is 0 Å². The van der Waals surface area contributed by atoms with Crippen LogP contribution in [0.5, 0.6) is 5.75 Å². The normalized spacial score (nSPS) is 15.1. The van der Waals surface area contributed by atoms with Gasteiger partial charge in [-0.05, 0) is 31.7 Å². The van der Waals surface area contributed by atoms with Crippen LogP contribution < -0.4 is 15.4 Å². The van der Waals surface area contributed by atoms with Gasteiger partial charge in [0.15, 0.2) is 0 Å². The molecule has 8 heteroatoms. The van der Waals surface area contributed by atoms with Crippen LogP contribution >= 0.6 is 0 Å². The van der Waals surface area contributed by atoms with Crippen molar-refractivity contribution in [2.24, 2.45) is 0 Å². The Hall–Kier alpha value is -2.71. The van der Waals surface area contributed by atoms with Gasteiger partial charge in [0.2, 0.25) is 5.95 Å². The SMILES string of the molecule is COc1cccc(CNc2ncc(C(=O)NCCN3CCN(C)CC3)c(C)n2)c1. The number of carbonyl (C=O) groups excluding carboxylic acids is 1. The first-order valence-corrected chi connectivity index (χ1v) is 9.94. The van der Waals surface area contributed by atoms with E-state index in [4.69, 9.17) is 4.74 Å². The Morgan fingerprint density at radius 1 is 1.24 bits per heavy atom. The molecule has 1 fully saturated rings. The van der Waals surface area contributed by atoms with Gasteiger partial charge < -0.3 is 20.3 Å². The minimum Gasteiger partial charge on any atom is -0.497 e. The van der Waals surface area contributed by atoms with Crippen molar-refractivity contribution in [1.82, 2.24) is 25.1 Å². The van der Waals surface area contributed by atoms with E-state index in [1.165, 1.54) is 0 Å². The number of benzene rings is 1. The molecule has 2 heterocycles. The minimum absolute atomic E-state index is 0.129. The lowest BCUT2D eigenvalue weighted by atomic mass is 10.2. The molecule has 0 spiro atoms. The van der Waals surface area contributed by atoms with Crippen LogP contribution in [0.1, 0.15) is 21.6 Å². The summed E-state index contributed by atoms with van der Waals surface area (Å²) in [4.78, 5) is 25.9. The van der Waals surface area contributed by atoms with Crippen molar-refractivity contribution < 1.29 is 9.53 Å². The minimum atomic E-state index is -0.129. The molecule has 0 atom stereocenters. The summed E-state index contributed by atoms with van der Waals surface area (Å²) in [5.41, 5.74) is 2.23. The summed E-state index contributed by atoms with van der Waals surface area (Å²) in [5.74, 6) is 1.18. The molecule has 0 radical (unpaired) electrons. The van der Waals surface area contributed by atoms with Crippen LogP contribution in [0.4, 0.5) is 5.95 Å². The highest BCUT2D eigenvalue weighted by atomic mass is 16.5. The number of nitrogens with one attached hydrogen (secondary N) is 2. The fourth-order valence-corrected chi connectivity index (χ4v) is 3.23. The molecule has 1 saturated heterocycles. The molecule has 3 rings (SSSR count). The molecular formula is C21H30N6O2. The van der Waals surface area contributed by atoms with E-state index < -0.39 is 0 Å². The molecule has 0 saturated carbocycles. The fraction of sp³-hybridized carbons (Fsp3) is 0.476. The monoisotopic (exact) mass is 398 g/mol. The van der Waals surface area contributed by atoms with E-state index in [9.17, 15) is 4.79 Å². The molecule has 156 valence electrons. The molecule has 2 N–H and O–H groups in total. The first kappa shape index (κ1) is 21.0. The van der Waals surface area contributed by atoms with Gasteiger partial charge in [-0.25, -0.2) is 9.97 Å². The highest BCUT2D eigenvalue weighted by Gasteiger charge is 2.15. The Morgan fingerprint density at radius 2 is 2.03 bits per heavy atom. The summed E-state index contributed by atoms with van der Waals surface area (Å²) in [5, 5.41) is 6.17. The number of likely N-dealkylation sites (N-methyl/N-ethyl adjacent to an activating group) is 1. The van der Waals surface area contributed by atoms with E-state index in [1.807, 2.05) is 31.2 Å². The molecule has 8 nitrogen and oxygen atoms in total. The standard InChI is InChI=1S/C21H30N6O2/c1-16-19(20(28)22-7-8-27-11-9-26(2)10-12-27)15-24-21(25-16)23-14-17-5-4-6-18(13-17)29-3/h4-6,13,15H,7-12,14H2,1-3H3,(H,22,28)(H,23,24,25). The molecule has 0 unspecified atom stereocenters. The van der Waals surface area contributed by atoms with Crippen molar-refractivity contribution in [3.8, 4) is 5.75 Å². The van der Waals surface area contributed by atoms with Gasteiger partial charge in [-0.15, -0.1) is 0 Å². The molecule has 1 aliphatic rings. The zero-order valence-corrected chi connectivity index (χ0v) is 17.4. The number of rotatable bonds is 8. The van der Waals surface area contributed by atoms with Crippen LogP contribution in [-0.4, -0.2) is 79.1 Å². The number of amides is 1. The third-order valence-electron chi connectivity index (χ3n) is 5.12. The van der Waals surface area contributed by atoms with Crippen LogP contribution in [-0.2, 0) is 6.54 Å². The van der Waals surface area contributed by atoms with E-state index in [0.717, 1.165) is 44.0 Å². The molecule has 1 aromatic heterocycles. The molecule has 1 aliphatic heterocycles. The number of carbonyl (C=O) groups is 1.